The summed E-state index contributed by atoms with van der Waals surface area (Å²) in [7, 11) is 0. The van der Waals surface area contributed by atoms with Crippen LogP contribution in [0.1, 0.15) is 15.9 Å². The third-order valence-corrected chi connectivity index (χ3v) is 3.78. The first-order chi connectivity index (χ1) is 9.58. The average Bonchev–Trinajstić information content (AvgIpc) is 2.42. The van der Waals surface area contributed by atoms with Gasteiger partial charge in [-0.1, -0.05) is 35.3 Å². The highest BCUT2D eigenvalue weighted by atomic mass is 127. The van der Waals surface area contributed by atoms with Crippen LogP contribution < -0.4 is 5.43 Å². The molecule has 0 aromatic heterocycles. The van der Waals surface area contributed by atoms with Crippen LogP contribution in [0.5, 0.6) is 0 Å². The van der Waals surface area contributed by atoms with E-state index in [0.717, 1.165) is 3.57 Å². The molecule has 1 N–H and O–H groups in total. The van der Waals surface area contributed by atoms with Crippen molar-refractivity contribution in [2.24, 2.45) is 5.10 Å². The van der Waals surface area contributed by atoms with Crippen LogP contribution in [-0.4, -0.2) is 12.1 Å². The van der Waals surface area contributed by atoms with E-state index < -0.39 is 0 Å². The fourth-order valence-electron chi connectivity index (χ4n) is 1.48. The topological polar surface area (TPSA) is 41.5 Å². The summed E-state index contributed by atoms with van der Waals surface area (Å²) in [6, 6.07) is 12.4. The number of carbonyl (C=O) groups is 1. The third kappa shape index (κ3) is 3.94. The highest BCUT2D eigenvalue weighted by Gasteiger charge is 2.05. The fraction of sp³-hybridized carbons (Fsp3) is 0. The van der Waals surface area contributed by atoms with Gasteiger partial charge in [-0.2, -0.15) is 5.10 Å². The van der Waals surface area contributed by atoms with Crippen LogP contribution in [0.15, 0.2) is 47.6 Å². The Kier molecular flexibility index (Phi) is 5.39. The Morgan fingerprint density at radius 1 is 1.15 bits per heavy atom. The van der Waals surface area contributed by atoms with Gasteiger partial charge in [0.1, 0.15) is 0 Å². The minimum Gasteiger partial charge on any atom is -0.267 e. The SMILES string of the molecule is O=C(N/N=C\c1c(Cl)cccc1Cl)c1cccc(I)c1. The molecule has 102 valence electrons. The number of carbonyl (C=O) groups excluding carboxylic acids is 1. The molecule has 3 nitrogen and oxygen atoms in total. The van der Waals surface area contributed by atoms with Crippen molar-refractivity contribution >= 4 is 57.9 Å². The highest BCUT2D eigenvalue weighted by molar-refractivity contribution is 14.1. The molecule has 0 unspecified atom stereocenters. The zero-order valence-electron chi connectivity index (χ0n) is 10.1. The molecule has 20 heavy (non-hydrogen) atoms. The second-order valence-electron chi connectivity index (χ2n) is 3.84. The monoisotopic (exact) mass is 418 g/mol. The molecule has 1 amide bonds. The number of hydrazone groups is 1. The van der Waals surface area contributed by atoms with Gasteiger partial charge in [0.25, 0.3) is 5.91 Å². The molecule has 0 aliphatic carbocycles. The van der Waals surface area contributed by atoms with Gasteiger partial charge < -0.3 is 0 Å². The standard InChI is InChI=1S/C14H9Cl2IN2O/c15-12-5-2-6-13(16)11(12)8-18-19-14(20)9-3-1-4-10(17)7-9/h1-8H,(H,19,20)/b18-8-. The number of halogens is 3. The number of rotatable bonds is 3. The smallest absolute Gasteiger partial charge is 0.267 e. The average molecular weight is 419 g/mol. The van der Waals surface area contributed by atoms with E-state index in [1.165, 1.54) is 6.21 Å². The molecule has 6 heteroatoms. The summed E-state index contributed by atoms with van der Waals surface area (Å²) >= 11 is 14.1. The van der Waals surface area contributed by atoms with Crippen LogP contribution in [0, 0.1) is 3.57 Å². The molecule has 0 spiro atoms. The lowest BCUT2D eigenvalue weighted by Gasteiger charge is -2.02. The summed E-state index contributed by atoms with van der Waals surface area (Å²) in [6.45, 7) is 0. The molecule has 0 heterocycles. The first-order valence-electron chi connectivity index (χ1n) is 5.61. The first-order valence-corrected chi connectivity index (χ1v) is 7.44. The van der Waals surface area contributed by atoms with Crippen LogP contribution in [0.2, 0.25) is 10.0 Å². The molecule has 0 saturated heterocycles. The summed E-state index contributed by atoms with van der Waals surface area (Å²) in [5.74, 6) is -0.289. The Morgan fingerprint density at radius 2 is 1.80 bits per heavy atom. The second kappa shape index (κ2) is 7.06. The molecule has 2 rings (SSSR count). The lowest BCUT2D eigenvalue weighted by atomic mass is 10.2. The Bertz CT molecular complexity index is 654. The predicted molar refractivity (Wildman–Crippen MR) is 90.7 cm³/mol. The maximum atomic E-state index is 11.9. The van der Waals surface area contributed by atoms with E-state index in [-0.39, 0.29) is 5.91 Å². The summed E-state index contributed by atoms with van der Waals surface area (Å²) in [4.78, 5) is 11.9. The van der Waals surface area contributed by atoms with E-state index in [2.05, 4.69) is 33.1 Å². The van der Waals surface area contributed by atoms with Gasteiger partial charge in [-0.15, -0.1) is 0 Å². The van der Waals surface area contributed by atoms with Gasteiger partial charge in [0.05, 0.1) is 16.3 Å². The first kappa shape index (κ1) is 15.3. The number of nitrogens with zero attached hydrogens (tertiary/aromatic N) is 1. The zero-order chi connectivity index (χ0) is 14.5. The molecule has 2 aromatic carbocycles. The summed E-state index contributed by atoms with van der Waals surface area (Å²) in [5, 5.41) is 4.83. The Labute approximate surface area is 140 Å². The van der Waals surface area contributed by atoms with E-state index in [9.17, 15) is 4.79 Å². The maximum Gasteiger partial charge on any atom is 0.271 e. The zero-order valence-corrected chi connectivity index (χ0v) is 13.8. The quantitative estimate of drug-likeness (QED) is 0.449. The number of benzene rings is 2. The van der Waals surface area contributed by atoms with E-state index in [0.29, 0.717) is 21.2 Å². The van der Waals surface area contributed by atoms with Crippen LogP contribution in [-0.2, 0) is 0 Å². The fourth-order valence-corrected chi connectivity index (χ4v) is 2.52. The highest BCUT2D eigenvalue weighted by Crippen LogP contribution is 2.22. The van der Waals surface area contributed by atoms with Gasteiger partial charge in [0, 0.05) is 14.7 Å². The van der Waals surface area contributed by atoms with E-state index in [4.69, 9.17) is 23.2 Å². The second-order valence-corrected chi connectivity index (χ2v) is 5.90. The number of nitrogens with one attached hydrogen (secondary N) is 1. The van der Waals surface area contributed by atoms with Gasteiger partial charge in [-0.3, -0.25) is 4.79 Å². The Balaban J connectivity index is 2.09. The van der Waals surface area contributed by atoms with Gasteiger partial charge in [-0.25, -0.2) is 5.43 Å². The van der Waals surface area contributed by atoms with Crippen molar-refractivity contribution in [3.63, 3.8) is 0 Å². The largest absolute Gasteiger partial charge is 0.271 e. The van der Waals surface area contributed by atoms with Crippen molar-refractivity contribution in [2.75, 3.05) is 0 Å². The van der Waals surface area contributed by atoms with Crippen molar-refractivity contribution in [3.05, 3.63) is 67.2 Å². The molecule has 2 aromatic rings. The Hall–Kier alpha value is -1.11. The van der Waals surface area contributed by atoms with Gasteiger partial charge >= 0.3 is 0 Å². The lowest BCUT2D eigenvalue weighted by molar-refractivity contribution is 0.0955. The maximum absolute atomic E-state index is 11.9. The van der Waals surface area contributed by atoms with Crippen molar-refractivity contribution < 1.29 is 4.79 Å². The molecule has 0 aliphatic heterocycles. The van der Waals surface area contributed by atoms with Gasteiger partial charge in [-0.05, 0) is 52.9 Å². The minimum absolute atomic E-state index is 0.289. The van der Waals surface area contributed by atoms with Crippen molar-refractivity contribution in [2.45, 2.75) is 0 Å². The minimum atomic E-state index is -0.289. The number of hydrogen-bond donors (Lipinski definition) is 1. The van der Waals surface area contributed by atoms with E-state index >= 15 is 0 Å². The van der Waals surface area contributed by atoms with Crippen molar-refractivity contribution in [1.82, 2.24) is 5.43 Å². The molecule has 0 radical (unpaired) electrons. The van der Waals surface area contributed by atoms with Crippen molar-refractivity contribution in [3.8, 4) is 0 Å². The van der Waals surface area contributed by atoms with E-state index in [1.54, 1.807) is 30.3 Å². The van der Waals surface area contributed by atoms with E-state index in [1.807, 2.05) is 12.1 Å². The third-order valence-electron chi connectivity index (χ3n) is 2.45. The van der Waals surface area contributed by atoms with Crippen LogP contribution >= 0.6 is 45.8 Å². The molecule has 0 saturated carbocycles. The number of amides is 1. The van der Waals surface area contributed by atoms with Gasteiger partial charge in [0.2, 0.25) is 0 Å². The molecule has 0 fully saturated rings. The molecule has 0 bridgehead atoms. The normalized spacial score (nSPS) is 10.8. The van der Waals surface area contributed by atoms with Gasteiger partial charge in [0.15, 0.2) is 0 Å². The molecule has 0 aliphatic rings. The van der Waals surface area contributed by atoms with Crippen LogP contribution in [0.25, 0.3) is 0 Å². The van der Waals surface area contributed by atoms with Crippen LogP contribution in [0.3, 0.4) is 0 Å². The van der Waals surface area contributed by atoms with Crippen molar-refractivity contribution in [1.29, 1.82) is 0 Å². The summed E-state index contributed by atoms with van der Waals surface area (Å²) < 4.78 is 0.980. The molecule has 0 atom stereocenters. The molecular formula is C14H9Cl2IN2O. The molecular weight excluding hydrogens is 410 g/mol. The predicted octanol–water partition coefficient (Wildman–Crippen LogP) is 4.36. The lowest BCUT2D eigenvalue weighted by Crippen LogP contribution is -2.17. The summed E-state index contributed by atoms with van der Waals surface area (Å²) in [6.07, 6.45) is 1.43. The van der Waals surface area contributed by atoms with Crippen LogP contribution in [0.4, 0.5) is 0 Å². The summed E-state index contributed by atoms with van der Waals surface area (Å²) in [5.41, 5.74) is 3.55. The number of hydrogen-bond acceptors (Lipinski definition) is 2. The Morgan fingerprint density at radius 3 is 2.45 bits per heavy atom.